The van der Waals surface area contributed by atoms with Crippen LogP contribution in [0.2, 0.25) is 0 Å². The third-order valence-corrected chi connectivity index (χ3v) is 1.97. The molecule has 0 saturated carbocycles. The van der Waals surface area contributed by atoms with Crippen LogP contribution >= 0.6 is 0 Å². The Kier molecular flexibility index (Phi) is 4.88. The Labute approximate surface area is 107 Å². The number of amides is 1. The molecule has 1 amide bonds. The summed E-state index contributed by atoms with van der Waals surface area (Å²) in [6.07, 6.45) is 2.84. The fourth-order valence-electron chi connectivity index (χ4n) is 1.24. The van der Waals surface area contributed by atoms with Crippen molar-refractivity contribution in [2.75, 3.05) is 18.4 Å². The van der Waals surface area contributed by atoms with Gasteiger partial charge in [-0.2, -0.15) is 0 Å². The minimum absolute atomic E-state index is 0.417. The van der Waals surface area contributed by atoms with Crippen LogP contribution in [0, 0.1) is 6.92 Å². The van der Waals surface area contributed by atoms with E-state index in [1.165, 1.54) is 0 Å². The summed E-state index contributed by atoms with van der Waals surface area (Å²) in [7, 11) is 0. The van der Waals surface area contributed by atoms with Crippen molar-refractivity contribution in [1.29, 1.82) is 0 Å². The molecule has 6 nitrogen and oxygen atoms in total. The van der Waals surface area contributed by atoms with Gasteiger partial charge in [-0.15, -0.1) is 0 Å². The molecule has 0 unspecified atom stereocenters. The van der Waals surface area contributed by atoms with Crippen LogP contribution in [0.3, 0.4) is 0 Å². The Bertz CT molecular complexity index is 401. The Morgan fingerprint density at radius 1 is 1.28 bits per heavy atom. The van der Waals surface area contributed by atoms with E-state index in [0.29, 0.717) is 13.1 Å². The van der Waals surface area contributed by atoms with Crippen LogP contribution in [0.15, 0.2) is 12.4 Å². The lowest BCUT2D eigenvalue weighted by Crippen LogP contribution is -2.35. The van der Waals surface area contributed by atoms with Crippen molar-refractivity contribution in [1.82, 2.24) is 15.3 Å². The highest BCUT2D eigenvalue weighted by Gasteiger charge is 2.15. The molecule has 0 aromatic carbocycles. The molecule has 0 fully saturated rings. The van der Waals surface area contributed by atoms with Crippen molar-refractivity contribution in [3.63, 3.8) is 0 Å². The quantitative estimate of drug-likeness (QED) is 0.798. The summed E-state index contributed by atoms with van der Waals surface area (Å²) in [5.41, 5.74) is 0.355. The molecular weight excluding hydrogens is 232 g/mol. The van der Waals surface area contributed by atoms with Crippen LogP contribution in [-0.2, 0) is 4.74 Å². The average molecular weight is 252 g/mol. The number of ether oxygens (including phenoxy) is 1. The monoisotopic (exact) mass is 252 g/mol. The number of nitrogens with one attached hydrogen (secondary N) is 2. The van der Waals surface area contributed by atoms with Crippen molar-refractivity contribution in [3.05, 3.63) is 18.1 Å². The average Bonchev–Trinajstić information content (AvgIpc) is 2.24. The van der Waals surface area contributed by atoms with E-state index < -0.39 is 11.7 Å². The van der Waals surface area contributed by atoms with Crippen LogP contribution in [-0.4, -0.2) is 34.8 Å². The van der Waals surface area contributed by atoms with Gasteiger partial charge in [0.2, 0.25) is 0 Å². The number of alkyl carbamates (subject to hydrolysis) is 1. The van der Waals surface area contributed by atoms with Crippen molar-refractivity contribution < 1.29 is 9.53 Å². The highest BCUT2D eigenvalue weighted by atomic mass is 16.6. The van der Waals surface area contributed by atoms with Gasteiger partial charge >= 0.3 is 6.09 Å². The molecule has 0 aliphatic heterocycles. The first-order valence-corrected chi connectivity index (χ1v) is 5.87. The van der Waals surface area contributed by atoms with Gasteiger partial charge in [0.15, 0.2) is 0 Å². The zero-order valence-corrected chi connectivity index (χ0v) is 11.3. The smallest absolute Gasteiger partial charge is 0.407 e. The molecule has 0 spiro atoms. The lowest BCUT2D eigenvalue weighted by atomic mass is 10.2. The maximum absolute atomic E-state index is 11.3. The van der Waals surface area contributed by atoms with Gasteiger partial charge in [0, 0.05) is 25.5 Å². The summed E-state index contributed by atoms with van der Waals surface area (Å²) in [6, 6.07) is 0. The largest absolute Gasteiger partial charge is 0.444 e. The third kappa shape index (κ3) is 5.47. The summed E-state index contributed by atoms with van der Waals surface area (Å²) in [6.45, 7) is 8.38. The second-order valence-electron chi connectivity index (χ2n) is 4.85. The van der Waals surface area contributed by atoms with Crippen LogP contribution in [0.5, 0.6) is 0 Å². The molecule has 18 heavy (non-hydrogen) atoms. The number of hydrogen-bond donors (Lipinski definition) is 2. The van der Waals surface area contributed by atoms with Gasteiger partial charge in [-0.25, -0.2) is 9.78 Å². The van der Waals surface area contributed by atoms with Crippen molar-refractivity contribution in [2.24, 2.45) is 0 Å². The second kappa shape index (κ2) is 6.18. The van der Waals surface area contributed by atoms with Crippen molar-refractivity contribution in [3.8, 4) is 0 Å². The van der Waals surface area contributed by atoms with Crippen LogP contribution in [0.25, 0.3) is 0 Å². The molecule has 0 bridgehead atoms. The van der Waals surface area contributed by atoms with Gasteiger partial charge in [-0.05, 0) is 27.7 Å². The summed E-state index contributed by atoms with van der Waals surface area (Å²) < 4.78 is 5.11. The summed E-state index contributed by atoms with van der Waals surface area (Å²) in [4.78, 5) is 19.6. The van der Waals surface area contributed by atoms with Crippen LogP contribution in [0.1, 0.15) is 26.5 Å². The van der Waals surface area contributed by atoms with Gasteiger partial charge in [-0.1, -0.05) is 0 Å². The minimum Gasteiger partial charge on any atom is -0.444 e. The topological polar surface area (TPSA) is 76.1 Å². The van der Waals surface area contributed by atoms with Gasteiger partial charge in [0.1, 0.15) is 11.4 Å². The predicted molar refractivity (Wildman–Crippen MR) is 69.5 cm³/mol. The van der Waals surface area contributed by atoms with Gasteiger partial charge < -0.3 is 15.4 Å². The van der Waals surface area contributed by atoms with E-state index in [1.54, 1.807) is 12.4 Å². The normalized spacial score (nSPS) is 10.9. The number of aryl methyl sites for hydroxylation is 1. The fraction of sp³-hybridized carbons (Fsp3) is 0.583. The van der Waals surface area contributed by atoms with E-state index >= 15 is 0 Å². The van der Waals surface area contributed by atoms with E-state index in [9.17, 15) is 4.79 Å². The number of hydrogen-bond acceptors (Lipinski definition) is 5. The van der Waals surface area contributed by atoms with Crippen molar-refractivity contribution >= 4 is 11.9 Å². The fourth-order valence-corrected chi connectivity index (χ4v) is 1.24. The number of aromatic nitrogens is 2. The summed E-state index contributed by atoms with van der Waals surface area (Å²) >= 11 is 0. The summed E-state index contributed by atoms with van der Waals surface area (Å²) in [5, 5.41) is 5.74. The lowest BCUT2D eigenvalue weighted by Gasteiger charge is -2.19. The Hall–Kier alpha value is -1.85. The first-order chi connectivity index (χ1) is 8.38. The first kappa shape index (κ1) is 14.2. The van der Waals surface area contributed by atoms with Gasteiger partial charge in [0.25, 0.3) is 0 Å². The molecule has 0 radical (unpaired) electrons. The number of carbonyl (C=O) groups is 1. The zero-order chi connectivity index (χ0) is 13.6. The third-order valence-electron chi connectivity index (χ3n) is 1.97. The standard InChI is InChI=1S/C12H20N4O2/c1-9-10(14-6-5-13-9)15-7-8-16-11(17)18-12(2,3)4/h5-6H,7-8H2,1-4H3,(H,14,15)(H,16,17). The number of anilines is 1. The van der Waals surface area contributed by atoms with Crippen LogP contribution < -0.4 is 10.6 Å². The number of rotatable bonds is 4. The Morgan fingerprint density at radius 2 is 1.94 bits per heavy atom. The minimum atomic E-state index is -0.473. The molecule has 0 aliphatic rings. The van der Waals surface area contributed by atoms with E-state index in [1.807, 2.05) is 27.7 Å². The maximum Gasteiger partial charge on any atom is 0.407 e. The zero-order valence-electron chi connectivity index (χ0n) is 11.3. The molecule has 1 rings (SSSR count). The van der Waals surface area contributed by atoms with E-state index in [0.717, 1.165) is 11.5 Å². The van der Waals surface area contributed by atoms with Gasteiger partial charge in [-0.3, -0.25) is 4.98 Å². The summed E-state index contributed by atoms with van der Waals surface area (Å²) in [5.74, 6) is 0.725. The Balaban J connectivity index is 2.23. The van der Waals surface area contributed by atoms with Gasteiger partial charge in [0.05, 0.1) is 5.69 Å². The van der Waals surface area contributed by atoms with E-state index in [4.69, 9.17) is 4.74 Å². The van der Waals surface area contributed by atoms with Crippen LogP contribution in [0.4, 0.5) is 10.6 Å². The SMILES string of the molecule is Cc1nccnc1NCCNC(=O)OC(C)(C)C. The maximum atomic E-state index is 11.3. The highest BCUT2D eigenvalue weighted by Crippen LogP contribution is 2.06. The molecule has 0 saturated heterocycles. The predicted octanol–water partition coefficient (Wildman–Crippen LogP) is 1.72. The molecule has 6 heteroatoms. The highest BCUT2D eigenvalue weighted by molar-refractivity contribution is 5.67. The number of carbonyl (C=O) groups excluding carboxylic acids is 1. The molecular formula is C12H20N4O2. The van der Waals surface area contributed by atoms with E-state index in [-0.39, 0.29) is 0 Å². The lowest BCUT2D eigenvalue weighted by molar-refractivity contribution is 0.0530. The molecule has 2 N–H and O–H groups in total. The first-order valence-electron chi connectivity index (χ1n) is 5.87. The Morgan fingerprint density at radius 3 is 2.56 bits per heavy atom. The van der Waals surface area contributed by atoms with E-state index in [2.05, 4.69) is 20.6 Å². The molecule has 1 aromatic rings. The molecule has 0 atom stereocenters. The van der Waals surface area contributed by atoms with Crippen molar-refractivity contribution in [2.45, 2.75) is 33.3 Å². The number of nitrogens with zero attached hydrogens (tertiary/aromatic N) is 2. The molecule has 1 heterocycles. The molecule has 100 valence electrons. The molecule has 0 aliphatic carbocycles. The molecule has 1 aromatic heterocycles. The second-order valence-corrected chi connectivity index (χ2v) is 4.85.